The summed E-state index contributed by atoms with van der Waals surface area (Å²) in [5, 5.41) is 2.16. The molecule has 0 atom stereocenters. The van der Waals surface area contributed by atoms with Crippen molar-refractivity contribution in [2.45, 2.75) is 0 Å². The van der Waals surface area contributed by atoms with Gasteiger partial charge in [0.2, 0.25) is 0 Å². The van der Waals surface area contributed by atoms with Gasteiger partial charge in [-0.1, -0.05) is 0 Å². The first kappa shape index (κ1) is 31.2. The molecule has 0 N–H and O–H groups in total. The average molecular weight is 679 g/mol. The van der Waals surface area contributed by atoms with E-state index in [1.807, 2.05) is 48.5 Å². The van der Waals surface area contributed by atoms with E-state index in [0.717, 1.165) is 88.5 Å². The van der Waals surface area contributed by atoms with Crippen LogP contribution in [0.3, 0.4) is 0 Å². The maximum absolute atomic E-state index is 6.66. The molecule has 8 heteroatoms. The Morgan fingerprint density at radius 1 is 0.420 bits per heavy atom. The van der Waals surface area contributed by atoms with Gasteiger partial charge in [0.15, 0.2) is 5.58 Å². The third-order valence-corrected chi connectivity index (χ3v) is 10.1. The zero-order valence-electron chi connectivity index (χ0n) is 28.0. The fourth-order valence-corrected chi connectivity index (χ4v) is 7.52. The molecule has 2 aromatic heterocycles. The smallest absolute Gasteiger partial charge is 0.154 e. The molecule has 0 radical (unpaired) electrons. The minimum Gasteiger partial charge on any atom is -0.497 e. The lowest BCUT2D eigenvalue weighted by atomic mass is 10.1. The van der Waals surface area contributed by atoms with Crippen molar-refractivity contribution in [2.75, 3.05) is 38.2 Å². The highest BCUT2D eigenvalue weighted by atomic mass is 32.1. The van der Waals surface area contributed by atoms with Crippen molar-refractivity contribution in [2.24, 2.45) is 0 Å². The standard InChI is InChI=1S/C42H34N2O5S/c1-45-33-15-5-27(6-16-33)43(28-7-17-34(46-2)18-8-28)31-13-23-37-39(25-31)49-41-38-24-14-32(26-40(38)50-42(37)41)44(29-9-19-35(47-3)20-10-29)30-11-21-36(48-4)22-12-30/h5-26H,1-4H3. The van der Waals surface area contributed by atoms with Crippen LogP contribution in [0.25, 0.3) is 31.3 Å². The van der Waals surface area contributed by atoms with Gasteiger partial charge < -0.3 is 33.2 Å². The fourth-order valence-electron chi connectivity index (χ4n) is 6.33. The third kappa shape index (κ3) is 5.59. The predicted molar refractivity (Wildman–Crippen MR) is 205 cm³/mol. The van der Waals surface area contributed by atoms with E-state index in [-0.39, 0.29) is 0 Å². The zero-order valence-corrected chi connectivity index (χ0v) is 28.9. The summed E-state index contributed by atoms with van der Waals surface area (Å²) < 4.78 is 30.7. The van der Waals surface area contributed by atoms with E-state index < -0.39 is 0 Å². The Balaban J connectivity index is 1.21. The second-order valence-corrected chi connectivity index (χ2v) is 12.7. The molecule has 50 heavy (non-hydrogen) atoms. The number of benzene rings is 6. The van der Waals surface area contributed by atoms with E-state index in [0.29, 0.717) is 0 Å². The Morgan fingerprint density at radius 2 is 0.780 bits per heavy atom. The lowest BCUT2D eigenvalue weighted by molar-refractivity contribution is 0.414. The van der Waals surface area contributed by atoms with Crippen molar-refractivity contribution in [1.29, 1.82) is 0 Å². The molecule has 0 saturated carbocycles. The lowest BCUT2D eigenvalue weighted by Gasteiger charge is -2.26. The highest BCUT2D eigenvalue weighted by molar-refractivity contribution is 7.26. The molecule has 0 aliphatic carbocycles. The second-order valence-electron chi connectivity index (χ2n) is 11.7. The van der Waals surface area contributed by atoms with E-state index in [1.54, 1.807) is 39.8 Å². The van der Waals surface area contributed by atoms with Crippen molar-refractivity contribution >= 4 is 76.8 Å². The Labute approximate surface area is 294 Å². The number of anilines is 6. The highest BCUT2D eigenvalue weighted by Crippen LogP contribution is 2.46. The summed E-state index contributed by atoms with van der Waals surface area (Å²) in [5.41, 5.74) is 7.79. The van der Waals surface area contributed by atoms with E-state index in [2.05, 4.69) is 94.7 Å². The van der Waals surface area contributed by atoms with Crippen LogP contribution in [0.2, 0.25) is 0 Å². The first-order valence-corrected chi connectivity index (χ1v) is 16.9. The fraction of sp³-hybridized carbons (Fsp3) is 0.0952. The molecule has 0 fully saturated rings. The minimum absolute atomic E-state index is 0.802. The van der Waals surface area contributed by atoms with E-state index >= 15 is 0 Å². The van der Waals surface area contributed by atoms with E-state index in [1.165, 1.54) is 0 Å². The number of ether oxygens (including phenoxy) is 4. The maximum atomic E-state index is 6.66. The summed E-state index contributed by atoms with van der Waals surface area (Å²) in [6, 6.07) is 45.3. The summed E-state index contributed by atoms with van der Waals surface area (Å²) in [4.78, 5) is 4.43. The molecule has 0 spiro atoms. The van der Waals surface area contributed by atoms with Gasteiger partial charge in [-0.3, -0.25) is 0 Å². The molecule has 6 aromatic carbocycles. The maximum Gasteiger partial charge on any atom is 0.154 e. The Bertz CT molecular complexity index is 2150. The number of methoxy groups -OCH3 is 4. The number of rotatable bonds is 10. The van der Waals surface area contributed by atoms with Gasteiger partial charge in [-0.15, -0.1) is 11.3 Å². The molecular weight excluding hydrogens is 645 g/mol. The molecule has 248 valence electrons. The van der Waals surface area contributed by atoms with Gasteiger partial charge in [0.05, 0.1) is 33.1 Å². The SMILES string of the molecule is COc1ccc(N(c2ccc(OC)cc2)c2ccc3c(c2)oc2c4ccc(N(c5ccc(OC)cc5)c5ccc(OC)cc5)cc4sc32)cc1. The van der Waals surface area contributed by atoms with E-state index in [9.17, 15) is 0 Å². The molecule has 2 heterocycles. The highest BCUT2D eigenvalue weighted by Gasteiger charge is 2.20. The molecule has 8 rings (SSSR count). The Hall–Kier alpha value is -6.12. The number of nitrogens with zero attached hydrogens (tertiary/aromatic N) is 2. The number of fused-ring (bicyclic) bond motifs is 5. The number of hydrogen-bond donors (Lipinski definition) is 0. The zero-order chi connectivity index (χ0) is 34.2. The number of furan rings is 1. The number of hydrogen-bond acceptors (Lipinski definition) is 8. The van der Waals surface area contributed by atoms with Crippen molar-refractivity contribution in [3.63, 3.8) is 0 Å². The summed E-state index contributed by atoms with van der Waals surface area (Å²) >= 11 is 1.75. The van der Waals surface area contributed by atoms with Crippen molar-refractivity contribution in [1.82, 2.24) is 0 Å². The third-order valence-electron chi connectivity index (χ3n) is 8.89. The Morgan fingerprint density at radius 3 is 1.18 bits per heavy atom. The summed E-state index contributed by atoms with van der Waals surface area (Å²) in [6.45, 7) is 0. The molecule has 0 bridgehead atoms. The molecular formula is C42H34N2O5S. The van der Waals surface area contributed by atoms with Crippen LogP contribution in [0, 0.1) is 0 Å². The van der Waals surface area contributed by atoms with Crippen LogP contribution in [-0.2, 0) is 0 Å². The molecule has 0 unspecified atom stereocenters. The molecule has 8 aromatic rings. The first-order chi connectivity index (χ1) is 24.6. The van der Waals surface area contributed by atoms with Crippen LogP contribution >= 0.6 is 11.3 Å². The van der Waals surface area contributed by atoms with Gasteiger partial charge in [-0.2, -0.15) is 0 Å². The van der Waals surface area contributed by atoms with Crippen molar-refractivity contribution < 1.29 is 23.4 Å². The normalized spacial score (nSPS) is 11.2. The molecule has 0 aliphatic heterocycles. The van der Waals surface area contributed by atoms with Gasteiger partial charge in [-0.05, 0) is 127 Å². The topological polar surface area (TPSA) is 56.5 Å². The summed E-state index contributed by atoms with van der Waals surface area (Å²) in [7, 11) is 6.71. The largest absolute Gasteiger partial charge is 0.497 e. The van der Waals surface area contributed by atoms with Crippen LogP contribution in [0.1, 0.15) is 0 Å². The second kappa shape index (κ2) is 13.1. The van der Waals surface area contributed by atoms with Crippen LogP contribution in [-0.4, -0.2) is 28.4 Å². The van der Waals surface area contributed by atoms with Crippen LogP contribution in [0.15, 0.2) is 138 Å². The average Bonchev–Trinajstić information content (AvgIpc) is 3.71. The summed E-state index contributed by atoms with van der Waals surface area (Å²) in [6.07, 6.45) is 0. The van der Waals surface area contributed by atoms with Gasteiger partial charge >= 0.3 is 0 Å². The molecule has 7 nitrogen and oxygen atoms in total. The summed E-state index contributed by atoms with van der Waals surface area (Å²) in [5.74, 6) is 3.22. The first-order valence-electron chi connectivity index (χ1n) is 16.1. The van der Waals surface area contributed by atoms with Crippen LogP contribution in [0.4, 0.5) is 34.1 Å². The van der Waals surface area contributed by atoms with Gasteiger partial charge in [0, 0.05) is 55.7 Å². The molecule has 0 amide bonds. The van der Waals surface area contributed by atoms with Crippen molar-refractivity contribution in [3.05, 3.63) is 133 Å². The van der Waals surface area contributed by atoms with E-state index in [4.69, 9.17) is 23.4 Å². The molecule has 0 aliphatic rings. The quantitative estimate of drug-likeness (QED) is 0.143. The van der Waals surface area contributed by atoms with Crippen LogP contribution < -0.4 is 28.7 Å². The monoisotopic (exact) mass is 678 g/mol. The minimum atomic E-state index is 0.802. The van der Waals surface area contributed by atoms with Gasteiger partial charge in [0.1, 0.15) is 28.6 Å². The van der Waals surface area contributed by atoms with Gasteiger partial charge in [-0.25, -0.2) is 0 Å². The lowest BCUT2D eigenvalue weighted by Crippen LogP contribution is -2.09. The van der Waals surface area contributed by atoms with Crippen molar-refractivity contribution in [3.8, 4) is 23.0 Å². The Kier molecular flexibility index (Phi) is 8.14. The number of thiophene rings is 1. The predicted octanol–water partition coefficient (Wildman–Crippen LogP) is 11.8. The van der Waals surface area contributed by atoms with Crippen LogP contribution in [0.5, 0.6) is 23.0 Å². The molecule has 0 saturated heterocycles. The van der Waals surface area contributed by atoms with Gasteiger partial charge in [0.25, 0.3) is 0 Å².